The van der Waals surface area contributed by atoms with Crippen molar-refractivity contribution in [3.8, 4) is 0 Å². The van der Waals surface area contributed by atoms with Crippen molar-refractivity contribution < 1.29 is 14.4 Å². The fraction of sp³-hybridized carbons (Fsp3) is 0.360. The zero-order valence-electron chi connectivity index (χ0n) is 19.4. The first-order chi connectivity index (χ1) is 15.8. The van der Waals surface area contributed by atoms with Crippen molar-refractivity contribution in [1.82, 2.24) is 9.88 Å². The van der Waals surface area contributed by atoms with Gasteiger partial charge in [-0.1, -0.05) is 23.5 Å². The first-order valence-electron chi connectivity index (χ1n) is 11.1. The number of thiazole rings is 1. The summed E-state index contributed by atoms with van der Waals surface area (Å²) in [6, 6.07) is 10.9. The number of hydrogen-bond donors (Lipinski definition) is 0. The topological polar surface area (TPSA) is 73.8 Å². The Kier molecular flexibility index (Phi) is 6.58. The van der Waals surface area contributed by atoms with Crippen molar-refractivity contribution in [2.45, 2.75) is 33.1 Å². The maximum absolute atomic E-state index is 13.7. The molecule has 172 valence electrons. The van der Waals surface area contributed by atoms with Crippen LogP contribution in [0.5, 0.6) is 0 Å². The first-order valence-corrected chi connectivity index (χ1v) is 11.9. The minimum atomic E-state index is -0.232. The lowest BCUT2D eigenvalue weighted by Gasteiger charge is -2.22. The van der Waals surface area contributed by atoms with E-state index in [-0.39, 0.29) is 30.6 Å². The van der Waals surface area contributed by atoms with Crippen molar-refractivity contribution in [1.29, 1.82) is 0 Å². The predicted octanol–water partition coefficient (Wildman–Crippen LogP) is 4.17. The van der Waals surface area contributed by atoms with Gasteiger partial charge in [0, 0.05) is 24.9 Å². The summed E-state index contributed by atoms with van der Waals surface area (Å²) in [4.78, 5) is 47.8. The second-order valence-corrected chi connectivity index (χ2v) is 9.65. The average molecular weight is 465 g/mol. The van der Waals surface area contributed by atoms with E-state index in [0.717, 1.165) is 34.3 Å². The van der Waals surface area contributed by atoms with Crippen molar-refractivity contribution >= 4 is 50.1 Å². The highest BCUT2D eigenvalue weighted by Crippen LogP contribution is 2.33. The number of imide groups is 1. The number of rotatable bonds is 7. The van der Waals surface area contributed by atoms with E-state index < -0.39 is 0 Å². The molecule has 0 N–H and O–H groups in total. The molecule has 1 aliphatic rings. The van der Waals surface area contributed by atoms with Crippen LogP contribution >= 0.6 is 11.3 Å². The van der Waals surface area contributed by atoms with Gasteiger partial charge in [-0.3, -0.25) is 24.2 Å². The van der Waals surface area contributed by atoms with Crippen LogP contribution in [-0.2, 0) is 9.59 Å². The minimum Gasteiger partial charge on any atom is -0.309 e. The van der Waals surface area contributed by atoms with E-state index in [0.29, 0.717) is 22.9 Å². The number of fused-ring (bicyclic) bond motifs is 1. The lowest BCUT2D eigenvalue weighted by molar-refractivity contribution is -0.121. The van der Waals surface area contributed by atoms with E-state index in [9.17, 15) is 14.4 Å². The molecule has 1 fully saturated rings. The van der Waals surface area contributed by atoms with Crippen LogP contribution in [0.3, 0.4) is 0 Å². The molecular weight excluding hydrogens is 436 g/mol. The van der Waals surface area contributed by atoms with E-state index in [2.05, 4.69) is 17.9 Å². The molecule has 2 aromatic carbocycles. The number of hydrogen-bond acceptors (Lipinski definition) is 6. The maximum Gasteiger partial charge on any atom is 0.260 e. The molecule has 0 bridgehead atoms. The number of carbonyl (C=O) groups is 3. The monoisotopic (exact) mass is 464 g/mol. The highest BCUT2D eigenvalue weighted by molar-refractivity contribution is 7.22. The van der Waals surface area contributed by atoms with Gasteiger partial charge >= 0.3 is 0 Å². The highest BCUT2D eigenvalue weighted by Gasteiger charge is 2.31. The largest absolute Gasteiger partial charge is 0.309 e. The summed E-state index contributed by atoms with van der Waals surface area (Å²) in [6.07, 6.45) is 1.20. The number of aryl methyl sites for hydroxylation is 2. The SMILES string of the molecule is Cc1ccc2sc(N(CCCN(C)C)C(=O)c3cccc(N4C(=O)CCC4=O)c3)nc2c1C. The number of benzene rings is 2. The van der Waals surface area contributed by atoms with Crippen molar-refractivity contribution in [2.24, 2.45) is 0 Å². The zero-order valence-corrected chi connectivity index (χ0v) is 20.2. The van der Waals surface area contributed by atoms with E-state index in [1.165, 1.54) is 16.2 Å². The lowest BCUT2D eigenvalue weighted by atomic mass is 10.1. The fourth-order valence-electron chi connectivity index (χ4n) is 3.96. The molecule has 1 aromatic heterocycles. The third-order valence-corrected chi connectivity index (χ3v) is 6.98. The van der Waals surface area contributed by atoms with Gasteiger partial charge in [0.05, 0.1) is 15.9 Å². The Morgan fingerprint density at radius 1 is 1.06 bits per heavy atom. The van der Waals surface area contributed by atoms with Crippen LogP contribution in [0.25, 0.3) is 10.2 Å². The molecule has 3 amide bonds. The van der Waals surface area contributed by atoms with E-state index >= 15 is 0 Å². The third-order valence-electron chi connectivity index (χ3n) is 5.94. The molecule has 0 radical (unpaired) electrons. The number of carbonyl (C=O) groups excluding carboxylic acids is 3. The normalized spacial score (nSPS) is 14.0. The molecule has 0 atom stereocenters. The molecule has 0 spiro atoms. The molecule has 1 aliphatic heterocycles. The lowest BCUT2D eigenvalue weighted by Crippen LogP contribution is -2.34. The van der Waals surface area contributed by atoms with Gasteiger partial charge in [0.15, 0.2) is 5.13 Å². The third kappa shape index (κ3) is 4.67. The minimum absolute atomic E-state index is 0.192. The van der Waals surface area contributed by atoms with Crippen LogP contribution in [0.15, 0.2) is 36.4 Å². The quantitative estimate of drug-likeness (QED) is 0.491. The molecule has 1 saturated heterocycles. The summed E-state index contributed by atoms with van der Waals surface area (Å²) in [5.74, 6) is -0.656. The van der Waals surface area contributed by atoms with Gasteiger partial charge in [0.1, 0.15) is 0 Å². The Morgan fingerprint density at radius 2 is 1.79 bits per heavy atom. The molecule has 0 saturated carbocycles. The summed E-state index contributed by atoms with van der Waals surface area (Å²) in [5.41, 5.74) is 4.07. The second kappa shape index (κ2) is 9.41. The Hall–Kier alpha value is -3.10. The molecule has 0 aliphatic carbocycles. The number of amides is 3. The van der Waals surface area contributed by atoms with Crippen LogP contribution in [0, 0.1) is 13.8 Å². The summed E-state index contributed by atoms with van der Waals surface area (Å²) < 4.78 is 1.04. The molecule has 7 nitrogen and oxygen atoms in total. The zero-order chi connectivity index (χ0) is 23.7. The van der Waals surface area contributed by atoms with Gasteiger partial charge < -0.3 is 4.90 Å². The fourth-order valence-corrected chi connectivity index (χ4v) is 5.01. The van der Waals surface area contributed by atoms with Crippen molar-refractivity contribution in [3.05, 3.63) is 53.1 Å². The Labute approximate surface area is 197 Å². The first kappa shape index (κ1) is 23.1. The Bertz CT molecular complexity index is 1220. The van der Waals surface area contributed by atoms with Crippen LogP contribution in [-0.4, -0.2) is 54.8 Å². The molecule has 3 aromatic rings. The van der Waals surface area contributed by atoms with Gasteiger partial charge in [-0.05, 0) is 76.3 Å². The van der Waals surface area contributed by atoms with Crippen LogP contribution in [0.1, 0.15) is 40.7 Å². The standard InChI is InChI=1S/C25H28N4O3S/c1-16-9-10-20-23(17(16)2)26-25(33-20)28(14-6-13-27(3)4)24(32)18-7-5-8-19(15-18)29-21(30)11-12-22(29)31/h5,7-10,15H,6,11-14H2,1-4H3. The molecule has 0 unspecified atom stereocenters. The van der Waals surface area contributed by atoms with Gasteiger partial charge in [-0.2, -0.15) is 0 Å². The van der Waals surface area contributed by atoms with E-state index in [1.807, 2.05) is 27.1 Å². The summed E-state index contributed by atoms with van der Waals surface area (Å²) >= 11 is 1.50. The highest BCUT2D eigenvalue weighted by atomic mass is 32.1. The van der Waals surface area contributed by atoms with Gasteiger partial charge in [-0.25, -0.2) is 4.98 Å². The predicted molar refractivity (Wildman–Crippen MR) is 132 cm³/mol. The van der Waals surface area contributed by atoms with Crippen molar-refractivity contribution in [2.75, 3.05) is 37.0 Å². The van der Waals surface area contributed by atoms with Crippen LogP contribution in [0.2, 0.25) is 0 Å². The molecule has 4 rings (SSSR count). The Morgan fingerprint density at radius 3 is 2.48 bits per heavy atom. The summed E-state index contributed by atoms with van der Waals surface area (Å²) in [5, 5.41) is 0.654. The van der Waals surface area contributed by atoms with Crippen molar-refractivity contribution in [3.63, 3.8) is 0 Å². The Balaban J connectivity index is 1.70. The number of aromatic nitrogens is 1. The van der Waals surface area contributed by atoms with Crippen LogP contribution in [0.4, 0.5) is 10.8 Å². The van der Waals surface area contributed by atoms with Gasteiger partial charge in [-0.15, -0.1) is 0 Å². The molecular formula is C25H28N4O3S. The van der Waals surface area contributed by atoms with Crippen LogP contribution < -0.4 is 9.80 Å². The molecule has 8 heteroatoms. The van der Waals surface area contributed by atoms with E-state index in [4.69, 9.17) is 4.98 Å². The number of anilines is 2. The second-order valence-electron chi connectivity index (χ2n) is 8.64. The van der Waals surface area contributed by atoms with Gasteiger partial charge in [0.2, 0.25) is 11.8 Å². The number of nitrogens with zero attached hydrogens (tertiary/aromatic N) is 4. The molecule has 33 heavy (non-hydrogen) atoms. The molecule has 2 heterocycles. The van der Waals surface area contributed by atoms with E-state index in [1.54, 1.807) is 29.2 Å². The smallest absolute Gasteiger partial charge is 0.260 e. The summed E-state index contributed by atoms with van der Waals surface area (Å²) in [7, 11) is 4.01. The maximum atomic E-state index is 13.7. The van der Waals surface area contributed by atoms with Gasteiger partial charge in [0.25, 0.3) is 5.91 Å². The summed E-state index contributed by atoms with van der Waals surface area (Å²) in [6.45, 7) is 5.46. The average Bonchev–Trinajstić information content (AvgIpc) is 3.36.